The fourth-order valence-electron chi connectivity index (χ4n) is 1.60. The third-order valence-corrected chi connectivity index (χ3v) is 2.68. The van der Waals surface area contributed by atoms with Crippen LogP contribution in [-0.4, -0.2) is 84.2 Å². The highest BCUT2D eigenvalue weighted by Gasteiger charge is 1.97. The van der Waals surface area contributed by atoms with E-state index in [-0.39, 0.29) is 19.8 Å². The summed E-state index contributed by atoms with van der Waals surface area (Å²) in [6.07, 6.45) is 1.17. The molecule has 3 N–H and O–H groups in total. The number of likely N-dealkylation sites (N-methyl/N-ethyl adjacent to an activating group) is 2. The van der Waals surface area contributed by atoms with Crippen LogP contribution < -0.4 is 0 Å². The molecule has 0 saturated heterocycles. The van der Waals surface area contributed by atoms with Crippen molar-refractivity contribution in [3.05, 3.63) is 0 Å². The minimum atomic E-state index is 0.174. The van der Waals surface area contributed by atoms with E-state index in [1.165, 1.54) is 6.42 Å². The van der Waals surface area contributed by atoms with Crippen LogP contribution in [0.3, 0.4) is 0 Å². The Balaban J connectivity index is 0. The largest absolute Gasteiger partial charge is 0.395 e. The molecule has 0 radical (unpaired) electrons. The van der Waals surface area contributed by atoms with Gasteiger partial charge in [0.25, 0.3) is 0 Å². The van der Waals surface area contributed by atoms with E-state index in [4.69, 9.17) is 15.3 Å². The van der Waals surface area contributed by atoms with Crippen LogP contribution in [0.5, 0.6) is 0 Å². The Kier molecular flexibility index (Phi) is 18.8. The van der Waals surface area contributed by atoms with Crippen molar-refractivity contribution < 1.29 is 15.3 Å². The average molecular weight is 264 g/mol. The smallest absolute Gasteiger partial charge is 0.0558 e. The Hall–Kier alpha value is -0.200. The molecule has 0 aromatic carbocycles. The van der Waals surface area contributed by atoms with Crippen molar-refractivity contribution >= 4 is 0 Å². The zero-order chi connectivity index (χ0) is 14.2. The molecule has 0 amide bonds. The van der Waals surface area contributed by atoms with Crippen molar-refractivity contribution in [3.63, 3.8) is 0 Å². The lowest BCUT2D eigenvalue weighted by atomic mass is 10.4. The van der Waals surface area contributed by atoms with Gasteiger partial charge in [-0.1, -0.05) is 20.8 Å². The SMILES string of the molecule is CCCN(CC)CCO.CCN(CCO)CCO. The molecule has 0 saturated carbocycles. The summed E-state index contributed by atoms with van der Waals surface area (Å²) >= 11 is 0. The minimum absolute atomic E-state index is 0.174. The van der Waals surface area contributed by atoms with Gasteiger partial charge in [-0.25, -0.2) is 0 Å². The van der Waals surface area contributed by atoms with Crippen LogP contribution in [0, 0.1) is 0 Å². The van der Waals surface area contributed by atoms with Gasteiger partial charge in [-0.2, -0.15) is 0 Å². The molecule has 5 heteroatoms. The standard InChI is InChI=1S/C7H17NO.C6H15NO2/c1-3-5-8(4-2)6-7-9;1-2-7(3-5-8)4-6-9/h9H,3-7H2,1-2H3;8-9H,2-6H2,1H3. The van der Waals surface area contributed by atoms with E-state index >= 15 is 0 Å². The summed E-state index contributed by atoms with van der Waals surface area (Å²) in [7, 11) is 0. The van der Waals surface area contributed by atoms with Crippen LogP contribution >= 0.6 is 0 Å². The Bertz CT molecular complexity index is 120. The van der Waals surface area contributed by atoms with Gasteiger partial charge >= 0.3 is 0 Å². The second-order valence-electron chi connectivity index (χ2n) is 4.04. The molecule has 0 atom stereocenters. The molecule has 0 aliphatic rings. The third kappa shape index (κ3) is 13.9. The normalized spacial score (nSPS) is 10.7. The van der Waals surface area contributed by atoms with Gasteiger partial charge in [-0.05, 0) is 26.1 Å². The van der Waals surface area contributed by atoms with Gasteiger partial charge in [-0.3, -0.25) is 4.90 Å². The van der Waals surface area contributed by atoms with Crippen LogP contribution in [0.15, 0.2) is 0 Å². The summed E-state index contributed by atoms with van der Waals surface area (Å²) in [5, 5.41) is 25.5. The summed E-state index contributed by atoms with van der Waals surface area (Å²) < 4.78 is 0. The first-order valence-electron chi connectivity index (χ1n) is 6.97. The molecule has 0 aliphatic carbocycles. The van der Waals surface area contributed by atoms with Crippen molar-refractivity contribution in [2.24, 2.45) is 0 Å². The van der Waals surface area contributed by atoms with Crippen LogP contribution in [-0.2, 0) is 0 Å². The van der Waals surface area contributed by atoms with Crippen LogP contribution in [0.4, 0.5) is 0 Å². The van der Waals surface area contributed by atoms with Crippen LogP contribution in [0.1, 0.15) is 27.2 Å². The van der Waals surface area contributed by atoms with E-state index < -0.39 is 0 Å². The van der Waals surface area contributed by atoms with Crippen molar-refractivity contribution in [2.75, 3.05) is 59.1 Å². The highest BCUT2D eigenvalue weighted by atomic mass is 16.3. The van der Waals surface area contributed by atoms with Crippen LogP contribution in [0.2, 0.25) is 0 Å². The molecule has 0 spiro atoms. The minimum Gasteiger partial charge on any atom is -0.395 e. The molecule has 0 aliphatic heterocycles. The maximum absolute atomic E-state index is 8.55. The fraction of sp³-hybridized carbons (Fsp3) is 1.00. The molecule has 0 unspecified atom stereocenters. The Morgan fingerprint density at radius 1 is 0.611 bits per heavy atom. The lowest BCUT2D eigenvalue weighted by molar-refractivity contribution is 0.166. The maximum Gasteiger partial charge on any atom is 0.0558 e. The molecule has 0 aromatic heterocycles. The van der Waals surface area contributed by atoms with Gasteiger partial charge in [0.05, 0.1) is 19.8 Å². The van der Waals surface area contributed by atoms with Crippen molar-refractivity contribution in [2.45, 2.75) is 27.2 Å². The molecular formula is C13H32N2O3. The fourth-order valence-corrected chi connectivity index (χ4v) is 1.60. The van der Waals surface area contributed by atoms with E-state index in [2.05, 4.69) is 18.7 Å². The number of nitrogens with zero attached hydrogens (tertiary/aromatic N) is 2. The number of hydrogen-bond donors (Lipinski definition) is 3. The van der Waals surface area contributed by atoms with Gasteiger partial charge in [0.2, 0.25) is 0 Å². The topological polar surface area (TPSA) is 67.2 Å². The number of hydrogen-bond acceptors (Lipinski definition) is 5. The van der Waals surface area contributed by atoms with E-state index in [1.807, 2.05) is 11.8 Å². The summed E-state index contributed by atoms with van der Waals surface area (Å²) in [6, 6.07) is 0. The average Bonchev–Trinajstić information content (AvgIpc) is 2.39. The number of aliphatic hydroxyl groups is 3. The van der Waals surface area contributed by atoms with Gasteiger partial charge in [-0.15, -0.1) is 0 Å². The van der Waals surface area contributed by atoms with E-state index in [1.54, 1.807) is 0 Å². The molecule has 18 heavy (non-hydrogen) atoms. The van der Waals surface area contributed by atoms with E-state index in [0.29, 0.717) is 13.1 Å². The summed E-state index contributed by atoms with van der Waals surface area (Å²) in [5.74, 6) is 0. The molecule has 112 valence electrons. The second kappa shape index (κ2) is 16.8. The summed E-state index contributed by atoms with van der Waals surface area (Å²) in [4.78, 5) is 4.22. The highest BCUT2D eigenvalue weighted by molar-refractivity contribution is 4.51. The van der Waals surface area contributed by atoms with E-state index in [0.717, 1.165) is 26.2 Å². The predicted molar refractivity (Wildman–Crippen MR) is 75.8 cm³/mol. The quantitative estimate of drug-likeness (QED) is 0.518. The van der Waals surface area contributed by atoms with Crippen molar-refractivity contribution in [1.82, 2.24) is 9.80 Å². The predicted octanol–water partition coefficient (Wildman–Crippen LogP) is 0.00350. The lowest BCUT2D eigenvalue weighted by Gasteiger charge is -2.17. The molecule has 0 aromatic rings. The summed E-state index contributed by atoms with van der Waals surface area (Å²) in [6.45, 7) is 12.1. The Morgan fingerprint density at radius 2 is 0.944 bits per heavy atom. The first kappa shape index (κ1) is 20.1. The zero-order valence-electron chi connectivity index (χ0n) is 12.3. The third-order valence-electron chi connectivity index (χ3n) is 2.68. The maximum atomic E-state index is 8.55. The molecule has 5 nitrogen and oxygen atoms in total. The number of aliphatic hydroxyl groups excluding tert-OH is 3. The van der Waals surface area contributed by atoms with Crippen molar-refractivity contribution in [3.8, 4) is 0 Å². The first-order chi connectivity index (χ1) is 8.69. The van der Waals surface area contributed by atoms with Gasteiger partial charge in [0.1, 0.15) is 0 Å². The Morgan fingerprint density at radius 3 is 1.17 bits per heavy atom. The van der Waals surface area contributed by atoms with Gasteiger partial charge < -0.3 is 20.2 Å². The zero-order valence-corrected chi connectivity index (χ0v) is 12.3. The molecule has 0 fully saturated rings. The molecule has 0 bridgehead atoms. The summed E-state index contributed by atoms with van der Waals surface area (Å²) in [5.41, 5.74) is 0. The molecule has 0 rings (SSSR count). The van der Waals surface area contributed by atoms with Gasteiger partial charge in [0.15, 0.2) is 0 Å². The lowest BCUT2D eigenvalue weighted by Crippen LogP contribution is -2.29. The number of rotatable bonds is 10. The molecular weight excluding hydrogens is 232 g/mol. The molecule has 0 heterocycles. The first-order valence-corrected chi connectivity index (χ1v) is 6.97. The highest BCUT2D eigenvalue weighted by Crippen LogP contribution is 1.88. The van der Waals surface area contributed by atoms with Crippen molar-refractivity contribution in [1.29, 1.82) is 0 Å². The Labute approximate surface area is 112 Å². The van der Waals surface area contributed by atoms with Crippen LogP contribution in [0.25, 0.3) is 0 Å². The van der Waals surface area contributed by atoms with Gasteiger partial charge in [0, 0.05) is 19.6 Å². The monoisotopic (exact) mass is 264 g/mol. The van der Waals surface area contributed by atoms with E-state index in [9.17, 15) is 0 Å². The second-order valence-corrected chi connectivity index (χ2v) is 4.04.